The monoisotopic (exact) mass is 464 g/mol. The van der Waals surface area contributed by atoms with Crippen molar-refractivity contribution < 1.29 is 28.2 Å². The first-order chi connectivity index (χ1) is 16.4. The summed E-state index contributed by atoms with van der Waals surface area (Å²) in [5.74, 6) is 0.430. The number of halogens is 1. The fourth-order valence-electron chi connectivity index (χ4n) is 3.99. The maximum atomic E-state index is 13.6. The highest BCUT2D eigenvalue weighted by Crippen LogP contribution is 2.37. The van der Waals surface area contributed by atoms with Crippen molar-refractivity contribution in [2.75, 3.05) is 26.1 Å². The highest BCUT2D eigenvalue weighted by molar-refractivity contribution is 5.99. The van der Waals surface area contributed by atoms with Crippen LogP contribution < -0.4 is 19.5 Å². The number of amides is 2. The Bertz CT molecular complexity index is 1210. The minimum absolute atomic E-state index is 0.101. The quantitative estimate of drug-likeness (QED) is 0.590. The third-order valence-corrected chi connectivity index (χ3v) is 5.70. The molecule has 2 amide bonds. The lowest BCUT2D eigenvalue weighted by Crippen LogP contribution is -2.41. The van der Waals surface area contributed by atoms with E-state index in [-0.39, 0.29) is 19.1 Å². The normalized spacial score (nSPS) is 15.1. The first-order valence-corrected chi connectivity index (χ1v) is 10.7. The Balaban J connectivity index is 1.76. The summed E-state index contributed by atoms with van der Waals surface area (Å²) in [6.07, 6.45) is 0. The molecule has 0 aliphatic carbocycles. The van der Waals surface area contributed by atoms with Gasteiger partial charge in [0.15, 0.2) is 6.61 Å². The van der Waals surface area contributed by atoms with Crippen molar-refractivity contribution in [3.8, 4) is 17.2 Å². The standard InChI is InChI=1S/C26H25FN2O5/c1-16-5-4-6-21-24(26(31)28-19-10-8-18(27)9-11-19)29(23(30)15-34-25(16)21)14-17-7-12-20(32-2)13-22(17)33-3/h4-13,24H,14-15H2,1-3H3,(H,28,31). The summed E-state index contributed by atoms with van der Waals surface area (Å²) in [7, 11) is 3.09. The molecule has 7 nitrogen and oxygen atoms in total. The van der Waals surface area contributed by atoms with Crippen LogP contribution in [0.2, 0.25) is 0 Å². The van der Waals surface area contributed by atoms with E-state index in [1.54, 1.807) is 31.4 Å². The fourth-order valence-corrected chi connectivity index (χ4v) is 3.99. The van der Waals surface area contributed by atoms with E-state index < -0.39 is 17.8 Å². The Morgan fingerprint density at radius 2 is 1.88 bits per heavy atom. The van der Waals surface area contributed by atoms with Crippen molar-refractivity contribution in [3.05, 3.63) is 83.2 Å². The number of rotatable bonds is 6. The maximum Gasteiger partial charge on any atom is 0.261 e. The van der Waals surface area contributed by atoms with E-state index in [0.29, 0.717) is 34.1 Å². The molecule has 176 valence electrons. The van der Waals surface area contributed by atoms with Gasteiger partial charge in [0.25, 0.3) is 11.8 Å². The number of para-hydroxylation sites is 1. The second-order valence-corrected chi connectivity index (χ2v) is 7.88. The van der Waals surface area contributed by atoms with Crippen LogP contribution in [0.15, 0.2) is 60.7 Å². The summed E-state index contributed by atoms with van der Waals surface area (Å²) in [6.45, 7) is 1.75. The number of carbonyl (C=O) groups excluding carboxylic acids is 2. The van der Waals surface area contributed by atoms with Gasteiger partial charge in [0, 0.05) is 22.9 Å². The lowest BCUT2D eigenvalue weighted by Gasteiger charge is -2.30. The Labute approximate surface area is 197 Å². The molecule has 3 aromatic rings. The Hall–Kier alpha value is -4.07. The molecule has 0 saturated carbocycles. The van der Waals surface area contributed by atoms with Crippen LogP contribution in [0.25, 0.3) is 0 Å². The number of anilines is 1. The van der Waals surface area contributed by atoms with Gasteiger partial charge in [0.2, 0.25) is 0 Å². The van der Waals surface area contributed by atoms with Crippen molar-refractivity contribution in [2.45, 2.75) is 19.5 Å². The van der Waals surface area contributed by atoms with Crippen molar-refractivity contribution in [2.24, 2.45) is 0 Å². The van der Waals surface area contributed by atoms with Gasteiger partial charge in [0.05, 0.1) is 20.8 Å². The number of hydrogen-bond acceptors (Lipinski definition) is 5. The number of aryl methyl sites for hydroxylation is 1. The van der Waals surface area contributed by atoms with Crippen LogP contribution in [0.1, 0.15) is 22.7 Å². The Morgan fingerprint density at radius 3 is 2.59 bits per heavy atom. The van der Waals surface area contributed by atoms with Gasteiger partial charge >= 0.3 is 0 Å². The van der Waals surface area contributed by atoms with E-state index in [1.165, 1.54) is 36.3 Å². The molecule has 0 aromatic heterocycles. The summed E-state index contributed by atoms with van der Waals surface area (Å²) in [4.78, 5) is 28.3. The molecule has 8 heteroatoms. The van der Waals surface area contributed by atoms with Crippen LogP contribution in [0.3, 0.4) is 0 Å². The van der Waals surface area contributed by atoms with Gasteiger partial charge in [0.1, 0.15) is 29.1 Å². The van der Waals surface area contributed by atoms with Gasteiger partial charge in [-0.3, -0.25) is 9.59 Å². The molecule has 1 atom stereocenters. The lowest BCUT2D eigenvalue weighted by atomic mass is 9.99. The van der Waals surface area contributed by atoms with E-state index in [1.807, 2.05) is 19.1 Å². The van der Waals surface area contributed by atoms with Crippen LogP contribution in [0, 0.1) is 12.7 Å². The van der Waals surface area contributed by atoms with Crippen LogP contribution >= 0.6 is 0 Å². The molecule has 1 unspecified atom stereocenters. The summed E-state index contributed by atoms with van der Waals surface area (Å²) in [6, 6.07) is 15.2. The van der Waals surface area contributed by atoms with Gasteiger partial charge in [-0.25, -0.2) is 4.39 Å². The molecule has 1 aliphatic rings. The summed E-state index contributed by atoms with van der Waals surface area (Å²) in [5, 5.41) is 2.80. The molecule has 0 bridgehead atoms. The van der Waals surface area contributed by atoms with Crippen molar-refractivity contribution in [1.82, 2.24) is 4.90 Å². The smallest absolute Gasteiger partial charge is 0.261 e. The van der Waals surface area contributed by atoms with Gasteiger partial charge in [-0.1, -0.05) is 18.2 Å². The average Bonchev–Trinajstić information content (AvgIpc) is 2.98. The first-order valence-electron chi connectivity index (χ1n) is 10.7. The molecule has 0 spiro atoms. The average molecular weight is 464 g/mol. The van der Waals surface area contributed by atoms with Crippen molar-refractivity contribution in [3.63, 3.8) is 0 Å². The molecular weight excluding hydrogens is 439 g/mol. The van der Waals surface area contributed by atoms with Crippen LogP contribution in [-0.2, 0) is 16.1 Å². The van der Waals surface area contributed by atoms with Gasteiger partial charge in [-0.05, 0) is 48.9 Å². The topological polar surface area (TPSA) is 77.1 Å². The minimum Gasteiger partial charge on any atom is -0.497 e. The number of fused-ring (bicyclic) bond motifs is 1. The maximum absolute atomic E-state index is 13.6. The number of carbonyl (C=O) groups is 2. The van der Waals surface area contributed by atoms with Gasteiger partial charge in [-0.15, -0.1) is 0 Å². The number of benzene rings is 3. The molecule has 3 aromatic carbocycles. The van der Waals surface area contributed by atoms with Crippen LogP contribution in [-0.4, -0.2) is 37.5 Å². The summed E-state index contributed by atoms with van der Waals surface area (Å²) in [5.41, 5.74) is 2.50. The second-order valence-electron chi connectivity index (χ2n) is 7.88. The lowest BCUT2D eigenvalue weighted by molar-refractivity contribution is -0.140. The van der Waals surface area contributed by atoms with E-state index in [4.69, 9.17) is 14.2 Å². The van der Waals surface area contributed by atoms with E-state index >= 15 is 0 Å². The van der Waals surface area contributed by atoms with E-state index in [2.05, 4.69) is 5.32 Å². The third kappa shape index (κ3) is 4.66. The summed E-state index contributed by atoms with van der Waals surface area (Å²) < 4.78 is 29.9. The largest absolute Gasteiger partial charge is 0.497 e. The predicted molar refractivity (Wildman–Crippen MR) is 125 cm³/mol. The van der Waals surface area contributed by atoms with Crippen molar-refractivity contribution in [1.29, 1.82) is 0 Å². The number of methoxy groups -OCH3 is 2. The molecule has 1 heterocycles. The molecule has 1 aliphatic heterocycles. The van der Waals surface area contributed by atoms with Crippen LogP contribution in [0.5, 0.6) is 17.2 Å². The number of ether oxygens (including phenoxy) is 3. The van der Waals surface area contributed by atoms with E-state index in [9.17, 15) is 14.0 Å². The predicted octanol–water partition coefficient (Wildman–Crippen LogP) is 4.25. The van der Waals surface area contributed by atoms with Crippen LogP contribution in [0.4, 0.5) is 10.1 Å². The zero-order valence-electron chi connectivity index (χ0n) is 19.1. The number of nitrogens with one attached hydrogen (secondary N) is 1. The molecule has 1 N–H and O–H groups in total. The molecule has 0 radical (unpaired) electrons. The highest BCUT2D eigenvalue weighted by Gasteiger charge is 2.37. The molecular formula is C26H25FN2O5. The highest BCUT2D eigenvalue weighted by atomic mass is 19.1. The molecule has 0 fully saturated rings. The molecule has 0 saturated heterocycles. The van der Waals surface area contributed by atoms with E-state index in [0.717, 1.165) is 5.56 Å². The number of hydrogen-bond donors (Lipinski definition) is 1. The summed E-state index contributed by atoms with van der Waals surface area (Å²) >= 11 is 0. The number of nitrogens with zero attached hydrogens (tertiary/aromatic N) is 1. The van der Waals surface area contributed by atoms with Gasteiger partial charge < -0.3 is 24.4 Å². The molecule has 4 rings (SSSR count). The second kappa shape index (κ2) is 9.82. The van der Waals surface area contributed by atoms with Gasteiger partial charge in [-0.2, -0.15) is 0 Å². The Kier molecular flexibility index (Phi) is 6.67. The first kappa shape index (κ1) is 23.1. The zero-order chi connectivity index (χ0) is 24.2. The SMILES string of the molecule is COc1ccc(CN2C(=O)COc3c(C)cccc3C2C(=O)Nc2ccc(F)cc2)c(OC)c1. The third-order valence-electron chi connectivity index (χ3n) is 5.70. The fraction of sp³-hybridized carbons (Fsp3) is 0.231. The zero-order valence-corrected chi connectivity index (χ0v) is 19.1. The van der Waals surface area contributed by atoms with Crippen molar-refractivity contribution >= 4 is 17.5 Å². The molecule has 34 heavy (non-hydrogen) atoms. The minimum atomic E-state index is -0.984. The Morgan fingerprint density at radius 1 is 1.12 bits per heavy atom.